The van der Waals surface area contributed by atoms with Gasteiger partial charge >= 0.3 is 0 Å². The van der Waals surface area contributed by atoms with Gasteiger partial charge in [0, 0.05) is 38.6 Å². The zero-order valence-electron chi connectivity index (χ0n) is 13.6. The van der Waals surface area contributed by atoms with Crippen molar-refractivity contribution in [2.24, 2.45) is 0 Å². The zero-order valence-corrected chi connectivity index (χ0v) is 14.4. The quantitative estimate of drug-likeness (QED) is 0.834. The molecule has 1 atom stereocenters. The summed E-state index contributed by atoms with van der Waals surface area (Å²) in [6.07, 6.45) is 4.96. The Morgan fingerprint density at radius 2 is 1.54 bits per heavy atom. The molecule has 1 aliphatic heterocycles. The molecule has 1 aliphatic rings. The highest BCUT2D eigenvalue weighted by atomic mass is 32.2. The minimum atomic E-state index is -3.20. The lowest BCUT2D eigenvalue weighted by atomic mass is 10.0. The second-order valence-corrected chi connectivity index (χ2v) is 7.91. The Hall–Kier alpha value is -2.12. The van der Waals surface area contributed by atoms with E-state index in [2.05, 4.69) is 0 Å². The van der Waals surface area contributed by atoms with Gasteiger partial charge in [-0.05, 0) is 17.7 Å². The Balaban J connectivity index is 1.81. The van der Waals surface area contributed by atoms with Crippen molar-refractivity contribution >= 4 is 15.9 Å². The molecular weight excluding hydrogens is 326 g/mol. The van der Waals surface area contributed by atoms with Gasteiger partial charge in [0.05, 0.1) is 6.26 Å². The standard InChI is InChI=1S/C17H21N3O3S/c1-24(22,23)20-13-11-19(12-14-20)17(21)16(18-9-5-6-10-18)15-7-3-2-4-8-15/h2-10,16H,11-14H2,1H3/t16-/m1/s1. The fourth-order valence-electron chi connectivity index (χ4n) is 3.01. The summed E-state index contributed by atoms with van der Waals surface area (Å²) in [6, 6.07) is 13.0. The number of hydrogen-bond acceptors (Lipinski definition) is 3. The summed E-state index contributed by atoms with van der Waals surface area (Å²) < 4.78 is 26.6. The number of nitrogens with zero attached hydrogens (tertiary/aromatic N) is 3. The predicted octanol–water partition coefficient (Wildman–Crippen LogP) is 1.18. The van der Waals surface area contributed by atoms with E-state index in [1.54, 1.807) is 4.90 Å². The molecule has 1 fully saturated rings. The molecule has 7 heteroatoms. The maximum absolute atomic E-state index is 13.1. The van der Waals surface area contributed by atoms with Gasteiger partial charge in [0.25, 0.3) is 0 Å². The summed E-state index contributed by atoms with van der Waals surface area (Å²) in [5.74, 6) is -0.00875. The van der Waals surface area contributed by atoms with Crippen LogP contribution in [0.5, 0.6) is 0 Å². The number of rotatable bonds is 4. The highest BCUT2D eigenvalue weighted by Crippen LogP contribution is 2.22. The number of hydrogen-bond donors (Lipinski definition) is 0. The van der Waals surface area contributed by atoms with Crippen LogP contribution in [0.2, 0.25) is 0 Å². The van der Waals surface area contributed by atoms with Crippen molar-refractivity contribution in [3.63, 3.8) is 0 Å². The predicted molar refractivity (Wildman–Crippen MR) is 92.0 cm³/mol. The Kier molecular flexibility index (Phi) is 4.73. The summed E-state index contributed by atoms with van der Waals surface area (Å²) in [5, 5.41) is 0. The van der Waals surface area contributed by atoms with Crippen molar-refractivity contribution in [3.8, 4) is 0 Å². The topological polar surface area (TPSA) is 62.6 Å². The lowest BCUT2D eigenvalue weighted by Gasteiger charge is -2.35. The fraction of sp³-hybridized carbons (Fsp3) is 0.353. The van der Waals surface area contributed by atoms with Crippen LogP contribution in [0.3, 0.4) is 0 Å². The summed E-state index contributed by atoms with van der Waals surface area (Å²) in [4.78, 5) is 14.8. The number of carbonyl (C=O) groups excluding carboxylic acids is 1. The second kappa shape index (κ2) is 6.78. The number of amides is 1. The van der Waals surface area contributed by atoms with Crippen LogP contribution < -0.4 is 0 Å². The minimum absolute atomic E-state index is 0.00875. The third-order valence-electron chi connectivity index (χ3n) is 4.29. The molecule has 0 spiro atoms. The summed E-state index contributed by atoms with van der Waals surface area (Å²) in [6.45, 7) is 1.52. The van der Waals surface area contributed by atoms with Crippen molar-refractivity contribution < 1.29 is 13.2 Å². The van der Waals surface area contributed by atoms with Crippen LogP contribution in [0.1, 0.15) is 11.6 Å². The van der Waals surface area contributed by atoms with Gasteiger partial charge in [-0.25, -0.2) is 8.42 Å². The highest BCUT2D eigenvalue weighted by Gasteiger charge is 2.31. The molecule has 1 saturated heterocycles. The van der Waals surface area contributed by atoms with E-state index in [-0.39, 0.29) is 5.91 Å². The maximum Gasteiger partial charge on any atom is 0.250 e. The molecule has 6 nitrogen and oxygen atoms in total. The minimum Gasteiger partial charge on any atom is -0.338 e. The van der Waals surface area contributed by atoms with E-state index >= 15 is 0 Å². The molecule has 0 N–H and O–H groups in total. The smallest absolute Gasteiger partial charge is 0.250 e. The van der Waals surface area contributed by atoms with Gasteiger partial charge in [0.1, 0.15) is 6.04 Å². The van der Waals surface area contributed by atoms with Crippen molar-refractivity contribution in [2.45, 2.75) is 6.04 Å². The Labute approximate surface area is 142 Å². The molecule has 24 heavy (non-hydrogen) atoms. The molecule has 1 aromatic heterocycles. The maximum atomic E-state index is 13.1. The molecule has 0 radical (unpaired) electrons. The molecule has 1 aromatic carbocycles. The normalized spacial score (nSPS) is 17.6. The van der Waals surface area contributed by atoms with Crippen LogP contribution in [-0.4, -0.2) is 60.5 Å². The average molecular weight is 347 g/mol. The van der Waals surface area contributed by atoms with E-state index in [1.807, 2.05) is 59.4 Å². The van der Waals surface area contributed by atoms with E-state index < -0.39 is 16.1 Å². The largest absolute Gasteiger partial charge is 0.338 e. The monoisotopic (exact) mass is 347 g/mol. The highest BCUT2D eigenvalue weighted by molar-refractivity contribution is 7.88. The molecule has 0 aliphatic carbocycles. The lowest BCUT2D eigenvalue weighted by Crippen LogP contribution is -2.51. The summed E-state index contributed by atoms with van der Waals surface area (Å²) in [5.41, 5.74) is 0.921. The van der Waals surface area contributed by atoms with E-state index in [4.69, 9.17) is 0 Å². The fourth-order valence-corrected chi connectivity index (χ4v) is 3.84. The third kappa shape index (κ3) is 3.52. The first kappa shape index (κ1) is 16.7. The first-order valence-corrected chi connectivity index (χ1v) is 9.73. The zero-order chi connectivity index (χ0) is 17.2. The Morgan fingerprint density at radius 3 is 2.08 bits per heavy atom. The molecule has 1 amide bonds. The van der Waals surface area contributed by atoms with Crippen molar-refractivity contribution in [3.05, 3.63) is 60.4 Å². The number of carbonyl (C=O) groups is 1. The van der Waals surface area contributed by atoms with E-state index in [9.17, 15) is 13.2 Å². The Bertz CT molecular complexity index is 780. The van der Waals surface area contributed by atoms with Gasteiger partial charge < -0.3 is 9.47 Å². The van der Waals surface area contributed by atoms with E-state index in [1.165, 1.54) is 10.6 Å². The van der Waals surface area contributed by atoms with Gasteiger partial charge in [-0.3, -0.25) is 4.79 Å². The molecule has 2 aromatic rings. The van der Waals surface area contributed by atoms with Gasteiger partial charge in [-0.15, -0.1) is 0 Å². The van der Waals surface area contributed by atoms with Crippen molar-refractivity contribution in [2.75, 3.05) is 32.4 Å². The van der Waals surface area contributed by atoms with E-state index in [0.717, 1.165) is 5.56 Å². The third-order valence-corrected chi connectivity index (χ3v) is 5.60. The molecular formula is C17H21N3O3S. The number of piperazine rings is 1. The lowest BCUT2D eigenvalue weighted by molar-refractivity contribution is -0.134. The van der Waals surface area contributed by atoms with E-state index in [0.29, 0.717) is 26.2 Å². The van der Waals surface area contributed by atoms with Crippen LogP contribution in [0.15, 0.2) is 54.9 Å². The molecule has 128 valence electrons. The van der Waals surface area contributed by atoms with Gasteiger partial charge in [0.2, 0.25) is 15.9 Å². The van der Waals surface area contributed by atoms with Gasteiger partial charge in [-0.1, -0.05) is 30.3 Å². The summed E-state index contributed by atoms with van der Waals surface area (Å²) >= 11 is 0. The van der Waals surface area contributed by atoms with Crippen LogP contribution in [0.4, 0.5) is 0 Å². The number of benzene rings is 1. The number of sulfonamides is 1. The van der Waals surface area contributed by atoms with Crippen LogP contribution in [0.25, 0.3) is 0 Å². The Morgan fingerprint density at radius 1 is 0.958 bits per heavy atom. The molecule has 0 unspecified atom stereocenters. The van der Waals surface area contributed by atoms with Crippen LogP contribution in [-0.2, 0) is 14.8 Å². The molecule has 0 bridgehead atoms. The van der Waals surface area contributed by atoms with Crippen molar-refractivity contribution in [1.29, 1.82) is 0 Å². The SMILES string of the molecule is CS(=O)(=O)N1CCN(C(=O)[C@@H](c2ccccc2)n2cccc2)CC1. The average Bonchev–Trinajstić information content (AvgIpc) is 3.09. The van der Waals surface area contributed by atoms with Crippen LogP contribution >= 0.6 is 0 Å². The summed E-state index contributed by atoms with van der Waals surface area (Å²) in [7, 11) is -3.20. The van der Waals surface area contributed by atoms with Gasteiger partial charge in [-0.2, -0.15) is 4.31 Å². The molecule has 0 saturated carbocycles. The van der Waals surface area contributed by atoms with Gasteiger partial charge in [0.15, 0.2) is 0 Å². The molecule has 2 heterocycles. The van der Waals surface area contributed by atoms with Crippen molar-refractivity contribution in [1.82, 2.24) is 13.8 Å². The first-order valence-electron chi connectivity index (χ1n) is 7.88. The van der Waals surface area contributed by atoms with Crippen LogP contribution in [0, 0.1) is 0 Å². The molecule has 3 rings (SSSR count). The first-order chi connectivity index (χ1) is 11.5. The second-order valence-electron chi connectivity index (χ2n) is 5.93. The number of aromatic nitrogens is 1.